The average Bonchev–Trinajstić information content (AvgIpc) is 2.41. The molecule has 0 aliphatic rings. The van der Waals surface area contributed by atoms with Gasteiger partial charge in [0.25, 0.3) is 0 Å². The zero-order valence-electron chi connectivity index (χ0n) is 14.1. The van der Waals surface area contributed by atoms with Gasteiger partial charge >= 0.3 is 0 Å². The molecule has 0 aromatic heterocycles. The summed E-state index contributed by atoms with van der Waals surface area (Å²) in [5, 5.41) is 0. The SMILES string of the molecule is CCCCCCCCCC(c1ccccc1)C(C)(C)C. The maximum atomic E-state index is 2.38. The summed E-state index contributed by atoms with van der Waals surface area (Å²) in [5.74, 6) is 0.694. The summed E-state index contributed by atoms with van der Waals surface area (Å²) in [6, 6.07) is 11.1. The summed E-state index contributed by atoms with van der Waals surface area (Å²) in [7, 11) is 0. The van der Waals surface area contributed by atoms with E-state index in [9.17, 15) is 0 Å². The fourth-order valence-corrected chi connectivity index (χ4v) is 3.09. The first-order valence-electron chi connectivity index (χ1n) is 8.60. The Morgan fingerprint density at radius 2 is 1.35 bits per heavy atom. The Labute approximate surface area is 127 Å². The third kappa shape index (κ3) is 6.59. The molecule has 0 amide bonds. The van der Waals surface area contributed by atoms with E-state index in [0.29, 0.717) is 11.3 Å². The Balaban J connectivity index is 2.36. The molecule has 1 rings (SSSR count). The molecule has 0 bridgehead atoms. The molecular weight excluding hydrogens is 240 g/mol. The minimum absolute atomic E-state index is 0.365. The largest absolute Gasteiger partial charge is 0.0654 e. The van der Waals surface area contributed by atoms with Crippen molar-refractivity contribution in [1.82, 2.24) is 0 Å². The lowest BCUT2D eigenvalue weighted by Gasteiger charge is -2.31. The number of unbranched alkanes of at least 4 members (excludes halogenated alkanes) is 6. The van der Waals surface area contributed by atoms with Gasteiger partial charge in [-0.05, 0) is 23.3 Å². The molecule has 114 valence electrons. The van der Waals surface area contributed by atoms with Crippen LogP contribution in [0.5, 0.6) is 0 Å². The lowest BCUT2D eigenvalue weighted by atomic mass is 9.74. The quantitative estimate of drug-likeness (QED) is 0.427. The highest BCUT2D eigenvalue weighted by Gasteiger charge is 2.25. The summed E-state index contributed by atoms with van der Waals surface area (Å²) in [6.45, 7) is 9.43. The molecule has 0 N–H and O–H groups in total. The van der Waals surface area contributed by atoms with Crippen LogP contribution < -0.4 is 0 Å². The smallest absolute Gasteiger partial charge is 0.0113 e. The van der Waals surface area contributed by atoms with Crippen molar-refractivity contribution in [3.05, 3.63) is 35.9 Å². The Morgan fingerprint density at radius 1 is 0.800 bits per heavy atom. The monoisotopic (exact) mass is 274 g/mol. The maximum Gasteiger partial charge on any atom is -0.0113 e. The van der Waals surface area contributed by atoms with E-state index in [2.05, 4.69) is 58.0 Å². The first kappa shape index (κ1) is 17.3. The number of benzene rings is 1. The van der Waals surface area contributed by atoms with Crippen LogP contribution in [0.25, 0.3) is 0 Å². The van der Waals surface area contributed by atoms with Crippen LogP contribution in [0.4, 0.5) is 0 Å². The van der Waals surface area contributed by atoms with Gasteiger partial charge in [0.05, 0.1) is 0 Å². The Morgan fingerprint density at radius 3 is 1.90 bits per heavy atom. The zero-order valence-corrected chi connectivity index (χ0v) is 14.1. The topological polar surface area (TPSA) is 0 Å². The lowest BCUT2D eigenvalue weighted by Crippen LogP contribution is -2.18. The fraction of sp³-hybridized carbons (Fsp3) is 0.700. The number of hydrogen-bond acceptors (Lipinski definition) is 0. The second-order valence-corrected chi connectivity index (χ2v) is 7.24. The van der Waals surface area contributed by atoms with Crippen LogP contribution in [-0.4, -0.2) is 0 Å². The van der Waals surface area contributed by atoms with Crippen LogP contribution in [0.3, 0.4) is 0 Å². The van der Waals surface area contributed by atoms with Gasteiger partial charge in [-0.1, -0.05) is 103 Å². The molecule has 1 unspecified atom stereocenters. The predicted octanol–water partition coefficient (Wildman–Crippen LogP) is 6.96. The van der Waals surface area contributed by atoms with Crippen LogP contribution in [0, 0.1) is 5.41 Å². The molecule has 0 aliphatic carbocycles. The maximum absolute atomic E-state index is 2.38. The standard InChI is InChI=1S/C20H34/c1-5-6-7-8-9-10-14-17-19(20(2,3)4)18-15-12-11-13-16-18/h11-13,15-16,19H,5-10,14,17H2,1-4H3. The van der Waals surface area contributed by atoms with Crippen LogP contribution in [0.1, 0.15) is 90.5 Å². The van der Waals surface area contributed by atoms with Gasteiger partial charge in [-0.3, -0.25) is 0 Å². The molecule has 0 radical (unpaired) electrons. The minimum atomic E-state index is 0.365. The molecule has 0 fully saturated rings. The van der Waals surface area contributed by atoms with Gasteiger partial charge in [-0.25, -0.2) is 0 Å². The normalized spacial score (nSPS) is 13.4. The molecule has 1 aromatic carbocycles. The highest BCUT2D eigenvalue weighted by atomic mass is 14.3. The second-order valence-electron chi connectivity index (χ2n) is 7.24. The van der Waals surface area contributed by atoms with Crippen LogP contribution in [0.15, 0.2) is 30.3 Å². The molecule has 0 aliphatic heterocycles. The summed E-state index contributed by atoms with van der Waals surface area (Å²) in [5.41, 5.74) is 1.88. The van der Waals surface area contributed by atoms with Crippen molar-refractivity contribution in [3.63, 3.8) is 0 Å². The predicted molar refractivity (Wildman–Crippen MR) is 91.2 cm³/mol. The van der Waals surface area contributed by atoms with Gasteiger partial charge in [0.15, 0.2) is 0 Å². The average molecular weight is 274 g/mol. The molecule has 0 nitrogen and oxygen atoms in total. The Bertz CT molecular complexity index is 331. The van der Waals surface area contributed by atoms with Crippen molar-refractivity contribution >= 4 is 0 Å². The van der Waals surface area contributed by atoms with Crippen molar-refractivity contribution in [3.8, 4) is 0 Å². The fourth-order valence-electron chi connectivity index (χ4n) is 3.09. The van der Waals surface area contributed by atoms with Crippen LogP contribution >= 0.6 is 0 Å². The second kappa shape index (κ2) is 9.21. The zero-order chi connectivity index (χ0) is 14.8. The van der Waals surface area contributed by atoms with Crippen molar-refractivity contribution in [2.45, 2.75) is 85.0 Å². The van der Waals surface area contributed by atoms with E-state index in [-0.39, 0.29) is 0 Å². The highest BCUT2D eigenvalue weighted by molar-refractivity contribution is 5.21. The summed E-state index contributed by atoms with van der Waals surface area (Å²) < 4.78 is 0. The summed E-state index contributed by atoms with van der Waals surface area (Å²) in [4.78, 5) is 0. The number of hydrogen-bond donors (Lipinski definition) is 0. The van der Waals surface area contributed by atoms with Gasteiger partial charge in [0.1, 0.15) is 0 Å². The first-order valence-corrected chi connectivity index (χ1v) is 8.60. The third-order valence-electron chi connectivity index (χ3n) is 4.34. The van der Waals surface area contributed by atoms with E-state index < -0.39 is 0 Å². The van der Waals surface area contributed by atoms with Gasteiger partial charge in [-0.15, -0.1) is 0 Å². The molecule has 0 heteroatoms. The molecule has 0 saturated carbocycles. The van der Waals surface area contributed by atoms with Crippen molar-refractivity contribution in [2.24, 2.45) is 5.41 Å². The van der Waals surface area contributed by atoms with E-state index in [1.54, 1.807) is 0 Å². The summed E-state index contributed by atoms with van der Waals surface area (Å²) >= 11 is 0. The van der Waals surface area contributed by atoms with E-state index >= 15 is 0 Å². The highest BCUT2D eigenvalue weighted by Crippen LogP contribution is 2.38. The van der Waals surface area contributed by atoms with Crippen molar-refractivity contribution in [2.75, 3.05) is 0 Å². The van der Waals surface area contributed by atoms with Crippen molar-refractivity contribution < 1.29 is 0 Å². The minimum Gasteiger partial charge on any atom is -0.0654 e. The molecular formula is C20H34. The van der Waals surface area contributed by atoms with E-state index in [1.807, 2.05) is 0 Å². The van der Waals surface area contributed by atoms with Crippen molar-refractivity contribution in [1.29, 1.82) is 0 Å². The van der Waals surface area contributed by atoms with E-state index in [0.717, 1.165) is 0 Å². The molecule has 1 atom stereocenters. The molecule has 20 heavy (non-hydrogen) atoms. The molecule has 1 aromatic rings. The van der Waals surface area contributed by atoms with Gasteiger partial charge in [-0.2, -0.15) is 0 Å². The van der Waals surface area contributed by atoms with E-state index in [1.165, 1.54) is 56.9 Å². The lowest BCUT2D eigenvalue weighted by molar-refractivity contribution is 0.297. The Kier molecular flexibility index (Phi) is 7.95. The molecule has 0 spiro atoms. The third-order valence-corrected chi connectivity index (χ3v) is 4.34. The van der Waals surface area contributed by atoms with E-state index in [4.69, 9.17) is 0 Å². The van der Waals surface area contributed by atoms with Gasteiger partial charge in [0.2, 0.25) is 0 Å². The van der Waals surface area contributed by atoms with Crippen LogP contribution in [0.2, 0.25) is 0 Å². The van der Waals surface area contributed by atoms with Gasteiger partial charge in [0, 0.05) is 0 Å². The first-order chi connectivity index (χ1) is 9.55. The summed E-state index contributed by atoms with van der Waals surface area (Å²) in [6.07, 6.45) is 11.2. The van der Waals surface area contributed by atoms with Gasteiger partial charge < -0.3 is 0 Å². The molecule has 0 heterocycles. The van der Waals surface area contributed by atoms with Crippen LogP contribution in [-0.2, 0) is 0 Å². The molecule has 0 saturated heterocycles. The Hall–Kier alpha value is -0.780. The number of rotatable bonds is 9.